The van der Waals surface area contributed by atoms with E-state index in [1.54, 1.807) is 0 Å². The van der Waals surface area contributed by atoms with Gasteiger partial charge in [-0.2, -0.15) is 4.37 Å². The van der Waals surface area contributed by atoms with Gasteiger partial charge in [0, 0.05) is 28.5 Å². The van der Waals surface area contributed by atoms with Gasteiger partial charge in [-0.3, -0.25) is 0 Å². The van der Waals surface area contributed by atoms with Gasteiger partial charge in [-0.05, 0) is 23.0 Å². The third-order valence-electron chi connectivity index (χ3n) is 2.09. The molecular formula is C9H6N2S. The number of H-pyrrole nitrogens is 1. The molecule has 0 spiro atoms. The number of hydrogen-bond acceptors (Lipinski definition) is 2. The Hall–Kier alpha value is -1.35. The number of nitrogens with one attached hydrogen (secondary N) is 1. The number of nitrogens with zero attached hydrogens (tertiary/aromatic N) is 1. The minimum absolute atomic E-state index is 1.09. The number of fused-ring (bicyclic) bond motifs is 3. The highest BCUT2D eigenvalue weighted by molar-refractivity contribution is 7.04. The molecule has 0 radical (unpaired) electrons. The van der Waals surface area contributed by atoms with Gasteiger partial charge in [-0.25, -0.2) is 0 Å². The number of aromatic nitrogens is 2. The molecule has 12 heavy (non-hydrogen) atoms. The highest BCUT2D eigenvalue weighted by Crippen LogP contribution is 2.25. The van der Waals surface area contributed by atoms with Gasteiger partial charge in [0.2, 0.25) is 0 Å². The number of rotatable bonds is 0. The van der Waals surface area contributed by atoms with Gasteiger partial charge in [-0.15, -0.1) is 0 Å². The standard InChI is InChI=1S/C9H6N2S/c1-2-9-8(5-12-11-9)7-4-10-3-6(1)7/h1-5,10H. The Labute approximate surface area is 73.0 Å². The summed E-state index contributed by atoms with van der Waals surface area (Å²) in [6.45, 7) is 0. The summed E-state index contributed by atoms with van der Waals surface area (Å²) in [7, 11) is 0. The summed E-state index contributed by atoms with van der Waals surface area (Å²) in [5.41, 5.74) is 1.09. The summed E-state index contributed by atoms with van der Waals surface area (Å²) in [5.74, 6) is 0. The maximum atomic E-state index is 4.28. The number of hydrogen-bond donors (Lipinski definition) is 1. The average molecular weight is 174 g/mol. The topological polar surface area (TPSA) is 28.7 Å². The van der Waals surface area contributed by atoms with Crippen LogP contribution in [-0.4, -0.2) is 9.36 Å². The molecule has 0 aliphatic heterocycles. The normalized spacial score (nSPS) is 11.3. The van der Waals surface area contributed by atoms with E-state index in [9.17, 15) is 0 Å². The highest BCUT2D eigenvalue weighted by atomic mass is 32.1. The molecule has 0 bridgehead atoms. The zero-order chi connectivity index (χ0) is 7.97. The number of aromatic amines is 1. The first-order valence-corrected chi connectivity index (χ1v) is 4.58. The first-order chi connectivity index (χ1) is 5.95. The fourth-order valence-corrected chi connectivity index (χ4v) is 2.16. The minimum Gasteiger partial charge on any atom is -0.366 e. The summed E-state index contributed by atoms with van der Waals surface area (Å²) >= 11 is 1.51. The van der Waals surface area contributed by atoms with E-state index in [0.717, 1.165) is 5.52 Å². The van der Waals surface area contributed by atoms with E-state index < -0.39 is 0 Å². The van der Waals surface area contributed by atoms with Crippen LogP contribution in [0.1, 0.15) is 0 Å². The molecule has 3 rings (SSSR count). The van der Waals surface area contributed by atoms with Gasteiger partial charge >= 0.3 is 0 Å². The van der Waals surface area contributed by atoms with Crippen LogP contribution in [0.2, 0.25) is 0 Å². The highest BCUT2D eigenvalue weighted by Gasteiger charge is 2.01. The molecule has 0 unspecified atom stereocenters. The maximum absolute atomic E-state index is 4.28. The van der Waals surface area contributed by atoms with Crippen molar-refractivity contribution in [1.29, 1.82) is 0 Å². The second-order valence-corrected chi connectivity index (χ2v) is 3.40. The molecule has 2 aromatic heterocycles. The lowest BCUT2D eigenvalue weighted by Crippen LogP contribution is -1.66. The van der Waals surface area contributed by atoms with Crippen LogP contribution < -0.4 is 0 Å². The minimum atomic E-state index is 1.09. The van der Waals surface area contributed by atoms with Crippen LogP contribution in [0.5, 0.6) is 0 Å². The van der Waals surface area contributed by atoms with Crippen LogP contribution in [0.3, 0.4) is 0 Å². The molecular weight excluding hydrogens is 168 g/mol. The molecule has 0 aliphatic rings. The fraction of sp³-hybridized carbons (Fsp3) is 0. The van der Waals surface area contributed by atoms with Crippen molar-refractivity contribution >= 4 is 33.2 Å². The second kappa shape index (κ2) is 2.08. The van der Waals surface area contributed by atoms with E-state index >= 15 is 0 Å². The Morgan fingerprint density at radius 2 is 2.17 bits per heavy atom. The van der Waals surface area contributed by atoms with Gasteiger partial charge in [-0.1, -0.05) is 6.07 Å². The van der Waals surface area contributed by atoms with Crippen LogP contribution in [0.4, 0.5) is 0 Å². The molecule has 1 aromatic carbocycles. The zero-order valence-corrected chi connectivity index (χ0v) is 7.06. The van der Waals surface area contributed by atoms with Crippen molar-refractivity contribution in [3.8, 4) is 0 Å². The molecule has 0 fully saturated rings. The first kappa shape index (κ1) is 6.20. The maximum Gasteiger partial charge on any atom is 0.0847 e. The molecule has 1 N–H and O–H groups in total. The van der Waals surface area contributed by atoms with Crippen LogP contribution >= 0.6 is 11.5 Å². The third-order valence-corrected chi connectivity index (χ3v) is 2.73. The van der Waals surface area contributed by atoms with Crippen molar-refractivity contribution in [3.63, 3.8) is 0 Å². The van der Waals surface area contributed by atoms with Gasteiger partial charge in [0.1, 0.15) is 0 Å². The molecule has 2 nitrogen and oxygen atoms in total. The van der Waals surface area contributed by atoms with Crippen LogP contribution in [0.25, 0.3) is 21.7 Å². The Morgan fingerprint density at radius 1 is 1.17 bits per heavy atom. The van der Waals surface area contributed by atoms with Crippen molar-refractivity contribution in [2.24, 2.45) is 0 Å². The SMILES string of the molecule is c1cc2nscc2c2c[nH]cc12. The van der Waals surface area contributed by atoms with Gasteiger partial charge in [0.15, 0.2) is 0 Å². The molecule has 3 heteroatoms. The van der Waals surface area contributed by atoms with E-state index in [-0.39, 0.29) is 0 Å². The van der Waals surface area contributed by atoms with E-state index in [0.29, 0.717) is 0 Å². The molecule has 3 aromatic rings. The van der Waals surface area contributed by atoms with Crippen molar-refractivity contribution in [2.45, 2.75) is 0 Å². The summed E-state index contributed by atoms with van der Waals surface area (Å²) in [5, 5.41) is 5.86. The van der Waals surface area contributed by atoms with Gasteiger partial charge in [0.25, 0.3) is 0 Å². The van der Waals surface area contributed by atoms with Crippen molar-refractivity contribution in [2.75, 3.05) is 0 Å². The van der Waals surface area contributed by atoms with Crippen LogP contribution in [-0.2, 0) is 0 Å². The van der Waals surface area contributed by atoms with Crippen molar-refractivity contribution < 1.29 is 0 Å². The van der Waals surface area contributed by atoms with Crippen molar-refractivity contribution in [1.82, 2.24) is 9.36 Å². The molecule has 0 aliphatic carbocycles. The second-order valence-electron chi connectivity index (χ2n) is 2.77. The predicted octanol–water partition coefficient (Wildman–Crippen LogP) is 2.78. The summed E-state index contributed by atoms with van der Waals surface area (Å²) in [6.07, 6.45) is 4.03. The molecule has 2 heterocycles. The quantitative estimate of drug-likeness (QED) is 0.557. The molecule has 58 valence electrons. The lowest BCUT2D eigenvalue weighted by atomic mass is 10.1. The fourth-order valence-electron chi connectivity index (χ4n) is 1.48. The van der Waals surface area contributed by atoms with Crippen LogP contribution in [0, 0.1) is 0 Å². The monoisotopic (exact) mass is 174 g/mol. The zero-order valence-electron chi connectivity index (χ0n) is 6.24. The Morgan fingerprint density at radius 3 is 3.17 bits per heavy atom. The smallest absolute Gasteiger partial charge is 0.0847 e. The third kappa shape index (κ3) is 0.662. The van der Waals surface area contributed by atoms with Gasteiger partial charge < -0.3 is 4.98 Å². The van der Waals surface area contributed by atoms with E-state index in [1.807, 2.05) is 12.4 Å². The van der Waals surface area contributed by atoms with E-state index in [2.05, 4.69) is 26.9 Å². The average Bonchev–Trinajstić information content (AvgIpc) is 2.71. The molecule has 0 saturated heterocycles. The Bertz CT molecular complexity index is 486. The van der Waals surface area contributed by atoms with Crippen molar-refractivity contribution in [3.05, 3.63) is 29.9 Å². The lowest BCUT2D eigenvalue weighted by Gasteiger charge is -1.89. The van der Waals surface area contributed by atoms with E-state index in [1.165, 1.54) is 27.7 Å². The van der Waals surface area contributed by atoms with Gasteiger partial charge in [0.05, 0.1) is 5.52 Å². The molecule has 0 amide bonds. The summed E-state index contributed by atoms with van der Waals surface area (Å²) in [6, 6.07) is 4.15. The van der Waals surface area contributed by atoms with Crippen LogP contribution in [0.15, 0.2) is 29.9 Å². The summed E-state index contributed by atoms with van der Waals surface area (Å²) in [4.78, 5) is 3.10. The number of benzene rings is 1. The molecule has 0 atom stereocenters. The largest absolute Gasteiger partial charge is 0.366 e. The Balaban J connectivity index is 2.71. The Kier molecular flexibility index (Phi) is 1.07. The predicted molar refractivity (Wildman–Crippen MR) is 51.5 cm³/mol. The first-order valence-electron chi connectivity index (χ1n) is 3.75. The lowest BCUT2D eigenvalue weighted by molar-refractivity contribution is 1.43. The van der Waals surface area contributed by atoms with E-state index in [4.69, 9.17) is 0 Å². The molecule has 0 saturated carbocycles. The summed E-state index contributed by atoms with van der Waals surface area (Å²) < 4.78 is 4.28.